The van der Waals surface area contributed by atoms with Crippen molar-refractivity contribution in [3.8, 4) is 0 Å². The fourth-order valence-corrected chi connectivity index (χ4v) is 6.75. The lowest BCUT2D eigenvalue weighted by molar-refractivity contribution is 0.0678. The molecule has 0 saturated carbocycles. The van der Waals surface area contributed by atoms with Crippen LogP contribution in [0.25, 0.3) is 0 Å². The fourth-order valence-electron chi connectivity index (χ4n) is 6.75. The van der Waals surface area contributed by atoms with Crippen LogP contribution in [0.3, 0.4) is 0 Å². The Morgan fingerprint density at radius 3 is 1.51 bits per heavy atom. The zero-order chi connectivity index (χ0) is 36.3. The maximum Gasteiger partial charge on any atom is 0.315 e. The number of urea groups is 1. The highest BCUT2D eigenvalue weighted by Crippen LogP contribution is 2.25. The van der Waals surface area contributed by atoms with E-state index in [1.165, 1.54) is 12.8 Å². The summed E-state index contributed by atoms with van der Waals surface area (Å²) < 4.78 is 0. The van der Waals surface area contributed by atoms with E-state index in [9.17, 15) is 19.2 Å². The minimum atomic E-state index is -0.464. The molecule has 2 aliphatic rings. The van der Waals surface area contributed by atoms with Crippen molar-refractivity contribution in [2.24, 2.45) is 23.3 Å². The summed E-state index contributed by atoms with van der Waals surface area (Å²) in [6.07, 6.45) is 11.1. The molecule has 2 saturated heterocycles. The Balaban J connectivity index is 0.000000261. The monoisotopic (exact) mass is 696 g/mol. The number of unbranched alkanes of at least 4 members (excludes halogenated alkanes) is 2. The molecule has 0 atom stereocenters. The molecule has 3 aromatic carbocycles. The first-order valence-electron chi connectivity index (χ1n) is 18.6. The lowest BCUT2D eigenvalue weighted by Crippen LogP contribution is -2.38. The SMILES string of the molecule is NC(=O)c1ccc(CNC(=O)NCCCCC2CCN(C(=O)c3ccccc3)CC2)cc1.NCCCCC1CCN(C(=O)c2ccccc2)CC1. The van der Waals surface area contributed by atoms with Gasteiger partial charge < -0.3 is 31.9 Å². The lowest BCUT2D eigenvalue weighted by atomic mass is 9.91. The number of hydrogen-bond acceptors (Lipinski definition) is 5. The van der Waals surface area contributed by atoms with Crippen molar-refractivity contribution < 1.29 is 19.2 Å². The van der Waals surface area contributed by atoms with E-state index >= 15 is 0 Å². The number of rotatable bonds is 14. The highest BCUT2D eigenvalue weighted by molar-refractivity contribution is 5.95. The van der Waals surface area contributed by atoms with Gasteiger partial charge in [0, 0.05) is 56.0 Å². The molecule has 2 fully saturated rings. The summed E-state index contributed by atoms with van der Waals surface area (Å²) in [6, 6.07) is 25.7. The number of hydrogen-bond donors (Lipinski definition) is 4. The van der Waals surface area contributed by atoms with Gasteiger partial charge in [-0.2, -0.15) is 0 Å². The highest BCUT2D eigenvalue weighted by atomic mass is 16.2. The summed E-state index contributed by atoms with van der Waals surface area (Å²) in [5.74, 6) is 1.27. The smallest absolute Gasteiger partial charge is 0.315 e. The van der Waals surface area contributed by atoms with E-state index in [-0.39, 0.29) is 17.8 Å². The Morgan fingerprint density at radius 2 is 1.06 bits per heavy atom. The first kappa shape index (κ1) is 39.1. The van der Waals surface area contributed by atoms with Crippen molar-refractivity contribution >= 4 is 23.8 Å². The molecule has 5 amide bonds. The molecule has 10 nitrogen and oxygen atoms in total. The molecule has 274 valence electrons. The van der Waals surface area contributed by atoms with Crippen LogP contribution in [0, 0.1) is 11.8 Å². The Morgan fingerprint density at radius 1 is 0.588 bits per heavy atom. The summed E-state index contributed by atoms with van der Waals surface area (Å²) >= 11 is 0. The zero-order valence-electron chi connectivity index (χ0n) is 29.9. The first-order valence-corrected chi connectivity index (χ1v) is 18.6. The largest absolute Gasteiger partial charge is 0.366 e. The van der Waals surface area contributed by atoms with Crippen LogP contribution in [0.4, 0.5) is 4.79 Å². The summed E-state index contributed by atoms with van der Waals surface area (Å²) in [5, 5.41) is 5.70. The normalized spacial score (nSPS) is 15.0. The molecule has 3 aromatic rings. The van der Waals surface area contributed by atoms with Crippen LogP contribution in [0.5, 0.6) is 0 Å². The number of nitrogens with two attached hydrogens (primary N) is 2. The number of carbonyl (C=O) groups is 4. The third-order valence-corrected chi connectivity index (χ3v) is 9.93. The summed E-state index contributed by atoms with van der Waals surface area (Å²) in [4.78, 5) is 51.8. The van der Waals surface area contributed by atoms with Gasteiger partial charge in [-0.05, 0) is 98.9 Å². The first-order chi connectivity index (χ1) is 24.8. The van der Waals surface area contributed by atoms with Crippen LogP contribution in [-0.2, 0) is 6.54 Å². The molecular weight excluding hydrogens is 640 g/mol. The number of primary amides is 1. The van der Waals surface area contributed by atoms with E-state index in [0.29, 0.717) is 24.6 Å². The molecule has 2 aliphatic heterocycles. The van der Waals surface area contributed by atoms with Crippen molar-refractivity contribution in [2.75, 3.05) is 39.3 Å². The Kier molecular flexibility index (Phi) is 16.5. The summed E-state index contributed by atoms with van der Waals surface area (Å²) in [5.41, 5.74) is 13.7. The third-order valence-electron chi connectivity index (χ3n) is 9.93. The van der Waals surface area contributed by atoms with E-state index in [1.807, 2.05) is 70.5 Å². The van der Waals surface area contributed by atoms with Gasteiger partial charge in [-0.25, -0.2) is 4.79 Å². The standard InChI is InChI=1S/C25H32N4O3.C16H24N2O/c26-23(30)21-11-9-20(10-12-21)18-28-25(32)27-15-5-4-6-19-13-16-29(17-14-19)24(31)22-7-2-1-3-8-22;17-11-5-4-6-14-9-12-18(13-10-14)16(19)15-7-2-1-3-8-15/h1-3,7-12,19H,4-6,13-18H2,(H2,26,30)(H2,27,28,32);1-3,7-8,14H,4-6,9-13,17H2. The molecule has 0 spiro atoms. The van der Waals surface area contributed by atoms with Gasteiger partial charge in [0.1, 0.15) is 0 Å². The minimum Gasteiger partial charge on any atom is -0.366 e. The molecule has 10 heteroatoms. The predicted molar refractivity (Wildman–Crippen MR) is 202 cm³/mol. The third kappa shape index (κ3) is 13.5. The Hall–Kier alpha value is -4.70. The molecule has 6 N–H and O–H groups in total. The van der Waals surface area contributed by atoms with Crippen molar-refractivity contribution in [2.45, 2.75) is 70.8 Å². The zero-order valence-corrected chi connectivity index (χ0v) is 29.9. The van der Waals surface area contributed by atoms with Crippen LogP contribution in [0.15, 0.2) is 84.9 Å². The van der Waals surface area contributed by atoms with E-state index in [0.717, 1.165) is 107 Å². The number of carbonyl (C=O) groups excluding carboxylic acids is 4. The van der Waals surface area contributed by atoms with E-state index in [4.69, 9.17) is 11.5 Å². The molecular formula is C41H56N6O4. The van der Waals surface area contributed by atoms with Gasteiger partial charge in [0.05, 0.1) is 0 Å². The maximum atomic E-state index is 12.5. The number of benzene rings is 3. The van der Waals surface area contributed by atoms with Crippen LogP contribution < -0.4 is 22.1 Å². The van der Waals surface area contributed by atoms with Gasteiger partial charge in [-0.15, -0.1) is 0 Å². The van der Waals surface area contributed by atoms with Crippen LogP contribution in [0.2, 0.25) is 0 Å². The van der Waals surface area contributed by atoms with E-state index in [2.05, 4.69) is 10.6 Å². The molecule has 0 aliphatic carbocycles. The van der Waals surface area contributed by atoms with Gasteiger partial charge in [-0.1, -0.05) is 74.2 Å². The molecule has 0 unspecified atom stereocenters. The van der Waals surface area contributed by atoms with Crippen molar-refractivity contribution in [3.05, 3.63) is 107 Å². The van der Waals surface area contributed by atoms with Gasteiger partial charge in [0.15, 0.2) is 0 Å². The fraction of sp³-hybridized carbons (Fsp3) is 0.463. The second-order valence-electron chi connectivity index (χ2n) is 13.7. The van der Waals surface area contributed by atoms with Gasteiger partial charge in [0.2, 0.25) is 5.91 Å². The van der Waals surface area contributed by atoms with Gasteiger partial charge in [-0.3, -0.25) is 14.4 Å². The molecule has 0 radical (unpaired) electrons. The number of amides is 5. The van der Waals surface area contributed by atoms with E-state index in [1.54, 1.807) is 24.3 Å². The second kappa shape index (κ2) is 21.5. The Labute approximate surface area is 303 Å². The quantitative estimate of drug-likeness (QED) is 0.153. The number of nitrogens with one attached hydrogen (secondary N) is 2. The van der Waals surface area contributed by atoms with E-state index < -0.39 is 5.91 Å². The maximum absolute atomic E-state index is 12.5. The number of piperidine rings is 2. The molecule has 5 rings (SSSR count). The average molecular weight is 697 g/mol. The second-order valence-corrected chi connectivity index (χ2v) is 13.7. The summed E-state index contributed by atoms with van der Waals surface area (Å²) in [6.45, 7) is 5.27. The Bertz CT molecular complexity index is 1490. The lowest BCUT2D eigenvalue weighted by Gasteiger charge is -2.32. The highest BCUT2D eigenvalue weighted by Gasteiger charge is 2.24. The van der Waals surface area contributed by atoms with Crippen LogP contribution >= 0.6 is 0 Å². The molecule has 51 heavy (non-hydrogen) atoms. The van der Waals surface area contributed by atoms with Crippen LogP contribution in [-0.4, -0.2) is 72.8 Å². The summed E-state index contributed by atoms with van der Waals surface area (Å²) in [7, 11) is 0. The molecule has 0 aromatic heterocycles. The van der Waals surface area contributed by atoms with Crippen molar-refractivity contribution in [1.29, 1.82) is 0 Å². The molecule has 2 heterocycles. The number of nitrogens with zero attached hydrogens (tertiary/aromatic N) is 2. The average Bonchev–Trinajstić information content (AvgIpc) is 3.18. The topological polar surface area (TPSA) is 151 Å². The predicted octanol–water partition coefficient (Wildman–Crippen LogP) is 5.98. The van der Waals surface area contributed by atoms with Gasteiger partial charge >= 0.3 is 6.03 Å². The van der Waals surface area contributed by atoms with Gasteiger partial charge in [0.25, 0.3) is 11.8 Å². The molecule has 0 bridgehead atoms. The van der Waals surface area contributed by atoms with Crippen molar-refractivity contribution in [3.63, 3.8) is 0 Å². The number of likely N-dealkylation sites (tertiary alicyclic amines) is 2. The van der Waals surface area contributed by atoms with Crippen molar-refractivity contribution in [1.82, 2.24) is 20.4 Å². The van der Waals surface area contributed by atoms with Crippen LogP contribution in [0.1, 0.15) is 101 Å². The minimum absolute atomic E-state index is 0.128.